The second-order valence-corrected chi connectivity index (χ2v) is 8.36. The number of carbonyl (C=O) groups excluding carboxylic acids is 1. The summed E-state index contributed by atoms with van der Waals surface area (Å²) in [6.07, 6.45) is 9.03. The van der Waals surface area contributed by atoms with E-state index < -0.39 is 0 Å². The smallest absolute Gasteiger partial charge is 0.291 e. The van der Waals surface area contributed by atoms with Gasteiger partial charge in [0.2, 0.25) is 0 Å². The van der Waals surface area contributed by atoms with Gasteiger partial charge in [0.15, 0.2) is 17.1 Å². The summed E-state index contributed by atoms with van der Waals surface area (Å²) in [4.78, 5) is 12.9. The first-order valence-electron chi connectivity index (χ1n) is 11.5. The molecule has 1 aliphatic carbocycles. The molecule has 32 heavy (non-hydrogen) atoms. The van der Waals surface area contributed by atoms with E-state index >= 15 is 0 Å². The third-order valence-electron chi connectivity index (χ3n) is 6.22. The summed E-state index contributed by atoms with van der Waals surface area (Å²) in [5.41, 5.74) is 2.29. The van der Waals surface area contributed by atoms with Crippen LogP contribution >= 0.6 is 0 Å². The topological polar surface area (TPSA) is 72.7 Å². The van der Waals surface area contributed by atoms with Gasteiger partial charge < -0.3 is 24.5 Å². The Balaban J connectivity index is 1.55. The highest BCUT2D eigenvalue weighted by atomic mass is 16.5. The zero-order chi connectivity index (χ0) is 22.3. The van der Waals surface area contributed by atoms with Crippen molar-refractivity contribution in [2.24, 2.45) is 0 Å². The van der Waals surface area contributed by atoms with Gasteiger partial charge in [-0.3, -0.25) is 4.79 Å². The SMILES string of the molecule is COc1ccccc1NC(=O)c1cc2c(CNC3CCCCCCC3)ccc(OC)c2o1. The number of ether oxygens (including phenoxy) is 2. The van der Waals surface area contributed by atoms with E-state index in [0.29, 0.717) is 28.8 Å². The van der Waals surface area contributed by atoms with Gasteiger partial charge in [-0.2, -0.15) is 0 Å². The summed E-state index contributed by atoms with van der Waals surface area (Å²) >= 11 is 0. The van der Waals surface area contributed by atoms with Crippen molar-refractivity contribution in [1.82, 2.24) is 5.32 Å². The van der Waals surface area contributed by atoms with Crippen molar-refractivity contribution in [2.45, 2.75) is 57.5 Å². The molecule has 3 aromatic rings. The van der Waals surface area contributed by atoms with E-state index in [4.69, 9.17) is 13.9 Å². The molecule has 2 N–H and O–H groups in total. The Bertz CT molecular complexity index is 1050. The molecule has 0 unspecified atom stereocenters. The van der Waals surface area contributed by atoms with Crippen LogP contribution in [0.15, 0.2) is 46.9 Å². The zero-order valence-electron chi connectivity index (χ0n) is 18.9. The summed E-state index contributed by atoms with van der Waals surface area (Å²) in [5, 5.41) is 7.50. The molecular weight excluding hydrogens is 404 g/mol. The molecule has 170 valence electrons. The van der Waals surface area contributed by atoms with Crippen molar-refractivity contribution in [3.05, 3.63) is 53.8 Å². The molecule has 1 fully saturated rings. The summed E-state index contributed by atoms with van der Waals surface area (Å²) in [6.45, 7) is 0.734. The summed E-state index contributed by atoms with van der Waals surface area (Å²) in [7, 11) is 3.19. The fourth-order valence-corrected chi connectivity index (χ4v) is 4.43. The van der Waals surface area contributed by atoms with Crippen molar-refractivity contribution < 1.29 is 18.7 Å². The van der Waals surface area contributed by atoms with Crippen LogP contribution < -0.4 is 20.1 Å². The van der Waals surface area contributed by atoms with Crippen molar-refractivity contribution in [3.8, 4) is 11.5 Å². The number of hydrogen-bond donors (Lipinski definition) is 2. The number of benzene rings is 2. The Kier molecular flexibility index (Phi) is 7.32. The lowest BCUT2D eigenvalue weighted by molar-refractivity contribution is 0.0998. The van der Waals surface area contributed by atoms with Crippen LogP contribution in [0.4, 0.5) is 5.69 Å². The third kappa shape index (κ3) is 5.07. The van der Waals surface area contributed by atoms with E-state index in [1.807, 2.05) is 18.2 Å². The minimum atomic E-state index is -0.327. The van der Waals surface area contributed by atoms with Gasteiger partial charge >= 0.3 is 0 Å². The molecule has 4 rings (SSSR count). The lowest BCUT2D eigenvalue weighted by Crippen LogP contribution is -2.29. The predicted octanol–water partition coefficient (Wildman–Crippen LogP) is 5.90. The minimum absolute atomic E-state index is 0.239. The first kappa shape index (κ1) is 22.2. The van der Waals surface area contributed by atoms with Crippen LogP contribution in [0.5, 0.6) is 11.5 Å². The van der Waals surface area contributed by atoms with Gasteiger partial charge in [0, 0.05) is 18.0 Å². The number of carbonyl (C=O) groups is 1. The van der Waals surface area contributed by atoms with E-state index in [-0.39, 0.29) is 11.7 Å². The lowest BCUT2D eigenvalue weighted by atomic mass is 9.96. The molecule has 1 saturated carbocycles. The quantitative estimate of drug-likeness (QED) is 0.482. The van der Waals surface area contributed by atoms with Crippen molar-refractivity contribution in [3.63, 3.8) is 0 Å². The summed E-state index contributed by atoms with van der Waals surface area (Å²) in [5.74, 6) is 1.12. The lowest BCUT2D eigenvalue weighted by Gasteiger charge is -2.21. The monoisotopic (exact) mass is 436 g/mol. The largest absolute Gasteiger partial charge is 0.495 e. The van der Waals surface area contributed by atoms with Gasteiger partial charge in [-0.05, 0) is 42.7 Å². The van der Waals surface area contributed by atoms with Gasteiger partial charge in [-0.15, -0.1) is 0 Å². The summed E-state index contributed by atoms with van der Waals surface area (Å²) in [6, 6.07) is 13.6. The van der Waals surface area contributed by atoms with E-state index in [1.165, 1.54) is 44.9 Å². The summed E-state index contributed by atoms with van der Waals surface area (Å²) < 4.78 is 16.8. The highest BCUT2D eigenvalue weighted by Gasteiger charge is 2.19. The number of methoxy groups -OCH3 is 2. The second kappa shape index (κ2) is 10.6. The first-order valence-corrected chi connectivity index (χ1v) is 11.5. The van der Waals surface area contributed by atoms with Crippen molar-refractivity contribution >= 4 is 22.6 Å². The van der Waals surface area contributed by atoms with E-state index in [0.717, 1.165) is 17.5 Å². The Labute approximate surface area is 189 Å². The Morgan fingerprint density at radius 1 is 0.969 bits per heavy atom. The maximum Gasteiger partial charge on any atom is 0.291 e. The van der Waals surface area contributed by atoms with Crippen LogP contribution in [0, 0.1) is 0 Å². The fourth-order valence-electron chi connectivity index (χ4n) is 4.43. The molecule has 0 aliphatic heterocycles. The number of anilines is 1. The van der Waals surface area contributed by atoms with Gasteiger partial charge in [0.25, 0.3) is 5.91 Å². The van der Waals surface area contributed by atoms with E-state index in [2.05, 4.69) is 16.7 Å². The van der Waals surface area contributed by atoms with Gasteiger partial charge in [-0.1, -0.05) is 50.3 Å². The van der Waals surface area contributed by atoms with Crippen LogP contribution in [-0.2, 0) is 6.54 Å². The molecule has 6 heteroatoms. The average Bonchev–Trinajstić information content (AvgIpc) is 3.24. The molecule has 0 atom stereocenters. The number of para-hydroxylation sites is 2. The molecular formula is C26H32N2O4. The molecule has 0 bridgehead atoms. The average molecular weight is 437 g/mol. The minimum Gasteiger partial charge on any atom is -0.495 e. The van der Waals surface area contributed by atoms with E-state index in [9.17, 15) is 4.79 Å². The normalized spacial score (nSPS) is 15.2. The highest BCUT2D eigenvalue weighted by molar-refractivity contribution is 6.06. The van der Waals surface area contributed by atoms with Crippen molar-refractivity contribution in [2.75, 3.05) is 19.5 Å². The molecule has 0 spiro atoms. The third-order valence-corrected chi connectivity index (χ3v) is 6.22. The Morgan fingerprint density at radius 3 is 2.44 bits per heavy atom. The van der Waals surface area contributed by atoms with Crippen LogP contribution in [0.25, 0.3) is 11.0 Å². The number of fused-ring (bicyclic) bond motifs is 1. The first-order chi connectivity index (χ1) is 15.7. The standard InChI is InChI=1S/C26H32N2O4/c1-30-22-13-9-8-12-21(22)28-26(29)24-16-20-18(14-15-23(31-2)25(20)32-24)17-27-19-10-6-4-3-5-7-11-19/h8-9,12-16,19,27H,3-7,10-11,17H2,1-2H3,(H,28,29). The molecule has 1 amide bonds. The zero-order valence-corrected chi connectivity index (χ0v) is 18.9. The molecule has 6 nitrogen and oxygen atoms in total. The van der Waals surface area contributed by atoms with Gasteiger partial charge in [0.05, 0.1) is 19.9 Å². The van der Waals surface area contributed by atoms with E-state index in [1.54, 1.807) is 32.4 Å². The molecule has 0 saturated heterocycles. The van der Waals surface area contributed by atoms with Crippen LogP contribution in [0.3, 0.4) is 0 Å². The molecule has 0 radical (unpaired) electrons. The number of furan rings is 1. The molecule has 1 heterocycles. The second-order valence-electron chi connectivity index (χ2n) is 8.36. The number of amides is 1. The molecule has 1 aliphatic rings. The molecule has 2 aromatic carbocycles. The number of nitrogens with one attached hydrogen (secondary N) is 2. The maximum absolute atomic E-state index is 12.9. The maximum atomic E-state index is 12.9. The highest BCUT2D eigenvalue weighted by Crippen LogP contribution is 2.33. The van der Waals surface area contributed by atoms with Crippen molar-refractivity contribution in [1.29, 1.82) is 0 Å². The Morgan fingerprint density at radius 2 is 1.69 bits per heavy atom. The van der Waals surface area contributed by atoms with Crippen LogP contribution in [-0.4, -0.2) is 26.2 Å². The molecule has 1 aromatic heterocycles. The van der Waals surface area contributed by atoms with Gasteiger partial charge in [-0.25, -0.2) is 0 Å². The predicted molar refractivity (Wildman–Crippen MR) is 127 cm³/mol. The van der Waals surface area contributed by atoms with Gasteiger partial charge in [0.1, 0.15) is 5.75 Å². The fraction of sp³-hybridized carbons (Fsp3) is 0.423. The Hall–Kier alpha value is -2.99. The number of rotatable bonds is 7. The van der Waals surface area contributed by atoms with Crippen LogP contribution in [0.1, 0.15) is 61.1 Å². The number of hydrogen-bond acceptors (Lipinski definition) is 5. The van der Waals surface area contributed by atoms with Crippen LogP contribution in [0.2, 0.25) is 0 Å².